The molecule has 5 rings (SSSR count). The molecule has 0 unspecified atom stereocenters. The molecule has 35 heavy (non-hydrogen) atoms. The summed E-state index contributed by atoms with van der Waals surface area (Å²) in [6, 6.07) is 14.1. The zero-order chi connectivity index (χ0) is 24.9. The quantitative estimate of drug-likeness (QED) is 0.396. The first kappa shape index (κ1) is 23.5. The number of hydrogen-bond acceptors (Lipinski definition) is 3. The summed E-state index contributed by atoms with van der Waals surface area (Å²) in [5.74, 6) is 1.12. The molecule has 2 aliphatic rings. The molecule has 1 fully saturated rings. The predicted octanol–water partition coefficient (Wildman–Crippen LogP) is 6.74. The van der Waals surface area contributed by atoms with Gasteiger partial charge in [0.25, 0.3) is 0 Å². The van der Waals surface area contributed by atoms with Gasteiger partial charge in [-0.05, 0) is 85.0 Å². The molecule has 1 heterocycles. The van der Waals surface area contributed by atoms with E-state index in [1.165, 1.54) is 37.7 Å². The highest BCUT2D eigenvalue weighted by Crippen LogP contribution is 2.50. The number of hydrogen-bond donors (Lipinski definition) is 3. The fourth-order valence-electron chi connectivity index (χ4n) is 6.30. The summed E-state index contributed by atoms with van der Waals surface area (Å²) < 4.78 is 0. The van der Waals surface area contributed by atoms with Gasteiger partial charge in [-0.15, -0.1) is 0 Å². The van der Waals surface area contributed by atoms with E-state index in [4.69, 9.17) is 0 Å². The van der Waals surface area contributed by atoms with E-state index in [1.54, 1.807) is 0 Å². The summed E-state index contributed by atoms with van der Waals surface area (Å²) in [5, 5.41) is 24.2. The number of rotatable bonds is 4. The molecule has 3 aromatic rings. The maximum atomic E-state index is 14.0. The van der Waals surface area contributed by atoms with E-state index in [1.807, 2.05) is 52.0 Å². The maximum absolute atomic E-state index is 14.0. The molecule has 3 N–H and O–H groups in total. The van der Waals surface area contributed by atoms with Gasteiger partial charge in [-0.25, -0.2) is 0 Å². The number of benzene rings is 3. The van der Waals surface area contributed by atoms with Gasteiger partial charge in [0.2, 0.25) is 5.91 Å². The molecule has 3 aromatic carbocycles. The van der Waals surface area contributed by atoms with Gasteiger partial charge >= 0.3 is 0 Å². The number of phenolic OH excluding ortho intramolecular Hbond substituents is 2. The number of carbonyl (C=O) groups is 1. The third kappa shape index (κ3) is 3.80. The summed E-state index contributed by atoms with van der Waals surface area (Å²) in [6.45, 7) is 7.48. The van der Waals surface area contributed by atoms with Crippen LogP contribution in [0.4, 0.5) is 5.69 Å². The van der Waals surface area contributed by atoms with Gasteiger partial charge in [0.15, 0.2) is 0 Å². The second-order valence-electron chi connectivity index (χ2n) is 10.7. The first-order chi connectivity index (χ1) is 16.7. The molecule has 4 nitrogen and oxygen atoms in total. The van der Waals surface area contributed by atoms with Gasteiger partial charge in [-0.2, -0.15) is 0 Å². The molecule has 1 aliphatic heterocycles. The van der Waals surface area contributed by atoms with Crippen molar-refractivity contribution in [1.29, 1.82) is 0 Å². The van der Waals surface area contributed by atoms with Crippen LogP contribution in [0.5, 0.6) is 11.5 Å². The van der Waals surface area contributed by atoms with Crippen LogP contribution in [-0.4, -0.2) is 16.1 Å². The molecule has 182 valence electrons. The second-order valence-corrected chi connectivity index (χ2v) is 10.7. The molecule has 0 spiro atoms. The molecule has 0 atom stereocenters. The summed E-state index contributed by atoms with van der Waals surface area (Å²) in [6.07, 6.45) is 7.58. The van der Waals surface area contributed by atoms with Gasteiger partial charge in [-0.1, -0.05) is 68.5 Å². The summed E-state index contributed by atoms with van der Waals surface area (Å²) in [4.78, 5) is 14.0. The standard InChI is InChI=1S/C31H35NO3/c1-18-12-24(13-19(2)28(18)33)31(25-14-20(3)29(34)21(4)15-25)26-11-10-23(17-27(26)32-30(31)35)16-22-8-6-5-7-9-22/h10-15,17,22,33-34H,5-9,16H2,1-4H3,(H,32,35). The number of anilines is 1. The van der Waals surface area contributed by atoms with Crippen LogP contribution in [0.3, 0.4) is 0 Å². The number of amides is 1. The van der Waals surface area contributed by atoms with E-state index in [0.29, 0.717) is 5.92 Å². The number of phenols is 2. The Morgan fingerprint density at radius 2 is 1.31 bits per heavy atom. The molecule has 0 bridgehead atoms. The average Bonchev–Trinajstić information content (AvgIpc) is 3.12. The average molecular weight is 470 g/mol. The Hall–Kier alpha value is -3.27. The Balaban J connectivity index is 1.71. The maximum Gasteiger partial charge on any atom is 0.244 e. The first-order valence-corrected chi connectivity index (χ1v) is 12.8. The number of nitrogens with one attached hydrogen (secondary N) is 1. The van der Waals surface area contributed by atoms with E-state index in [9.17, 15) is 15.0 Å². The van der Waals surface area contributed by atoms with Gasteiger partial charge in [-0.3, -0.25) is 4.79 Å². The minimum Gasteiger partial charge on any atom is -0.507 e. The van der Waals surface area contributed by atoms with Gasteiger partial charge in [0.05, 0.1) is 0 Å². The summed E-state index contributed by atoms with van der Waals surface area (Å²) in [5.41, 5.74) is 6.58. The van der Waals surface area contributed by atoms with E-state index in [-0.39, 0.29) is 17.4 Å². The predicted molar refractivity (Wildman–Crippen MR) is 140 cm³/mol. The lowest BCUT2D eigenvalue weighted by molar-refractivity contribution is -0.118. The van der Waals surface area contributed by atoms with Gasteiger partial charge in [0, 0.05) is 11.3 Å². The molecule has 1 saturated carbocycles. The fourth-order valence-corrected chi connectivity index (χ4v) is 6.30. The highest BCUT2D eigenvalue weighted by atomic mass is 16.3. The van der Waals surface area contributed by atoms with Crippen molar-refractivity contribution < 1.29 is 15.0 Å². The van der Waals surface area contributed by atoms with Crippen LogP contribution in [0.2, 0.25) is 0 Å². The van der Waals surface area contributed by atoms with Crippen molar-refractivity contribution in [3.63, 3.8) is 0 Å². The molecule has 0 saturated heterocycles. The Labute approximate surface area is 208 Å². The zero-order valence-corrected chi connectivity index (χ0v) is 21.2. The van der Waals surface area contributed by atoms with Crippen LogP contribution in [0, 0.1) is 33.6 Å². The van der Waals surface area contributed by atoms with E-state index in [0.717, 1.165) is 51.1 Å². The molecule has 0 aromatic heterocycles. The van der Waals surface area contributed by atoms with E-state index in [2.05, 4.69) is 23.5 Å². The van der Waals surface area contributed by atoms with E-state index >= 15 is 0 Å². The molecular weight excluding hydrogens is 434 g/mol. The van der Waals surface area contributed by atoms with Crippen LogP contribution in [0.1, 0.15) is 76.6 Å². The lowest BCUT2D eigenvalue weighted by Gasteiger charge is -2.31. The smallest absolute Gasteiger partial charge is 0.244 e. The summed E-state index contributed by atoms with van der Waals surface area (Å²) in [7, 11) is 0. The van der Waals surface area contributed by atoms with Crippen molar-refractivity contribution in [1.82, 2.24) is 0 Å². The largest absolute Gasteiger partial charge is 0.507 e. The van der Waals surface area contributed by atoms with E-state index < -0.39 is 5.41 Å². The fraction of sp³-hybridized carbons (Fsp3) is 0.387. The molecular formula is C31H35NO3. The van der Waals surface area contributed by atoms with Crippen LogP contribution >= 0.6 is 0 Å². The Morgan fingerprint density at radius 3 is 1.83 bits per heavy atom. The van der Waals surface area contributed by atoms with Gasteiger partial charge < -0.3 is 15.5 Å². The third-order valence-electron chi connectivity index (χ3n) is 8.17. The normalized spacial score (nSPS) is 17.3. The topological polar surface area (TPSA) is 69.6 Å². The molecule has 0 radical (unpaired) electrons. The molecule has 1 aliphatic carbocycles. The van der Waals surface area contributed by atoms with Crippen molar-refractivity contribution in [2.24, 2.45) is 5.92 Å². The van der Waals surface area contributed by atoms with Crippen LogP contribution < -0.4 is 5.32 Å². The number of carbonyl (C=O) groups excluding carboxylic acids is 1. The van der Waals surface area contributed by atoms with Crippen molar-refractivity contribution in [3.05, 3.63) is 87.0 Å². The Kier molecular flexibility index (Phi) is 5.86. The molecule has 4 heteroatoms. The lowest BCUT2D eigenvalue weighted by atomic mass is 9.68. The van der Waals surface area contributed by atoms with Gasteiger partial charge in [0.1, 0.15) is 16.9 Å². The third-order valence-corrected chi connectivity index (χ3v) is 8.17. The monoisotopic (exact) mass is 469 g/mol. The first-order valence-electron chi connectivity index (χ1n) is 12.8. The number of fused-ring (bicyclic) bond motifs is 1. The highest BCUT2D eigenvalue weighted by molar-refractivity contribution is 6.11. The molecule has 1 amide bonds. The van der Waals surface area contributed by atoms with Crippen LogP contribution in [0.15, 0.2) is 42.5 Å². The van der Waals surface area contributed by atoms with Crippen molar-refractivity contribution in [3.8, 4) is 11.5 Å². The SMILES string of the molecule is Cc1cc(C2(c3cc(C)c(O)c(C)c3)C(=O)Nc3cc(CC4CCCCC4)ccc32)cc(C)c1O. The van der Waals surface area contributed by atoms with Crippen molar-refractivity contribution in [2.75, 3.05) is 5.32 Å². The second kappa shape index (κ2) is 8.75. The summed E-state index contributed by atoms with van der Waals surface area (Å²) >= 11 is 0. The van der Waals surface area contributed by atoms with Crippen molar-refractivity contribution >= 4 is 11.6 Å². The van der Waals surface area contributed by atoms with Crippen molar-refractivity contribution in [2.45, 2.75) is 71.6 Å². The number of aromatic hydroxyl groups is 2. The van der Waals surface area contributed by atoms with Crippen LogP contribution in [-0.2, 0) is 16.6 Å². The van der Waals surface area contributed by atoms with Crippen LogP contribution in [0.25, 0.3) is 0 Å². The lowest BCUT2D eigenvalue weighted by Crippen LogP contribution is -2.37. The minimum atomic E-state index is -1.06. The Bertz CT molecular complexity index is 1210. The number of aryl methyl sites for hydroxylation is 4. The zero-order valence-electron chi connectivity index (χ0n) is 21.2. The Morgan fingerprint density at radius 1 is 0.800 bits per heavy atom. The minimum absolute atomic E-state index is 0.101. The highest BCUT2D eigenvalue weighted by Gasteiger charge is 2.50.